The third-order valence-electron chi connectivity index (χ3n) is 13.4. The summed E-state index contributed by atoms with van der Waals surface area (Å²) in [5.74, 6) is 3.79. The molecule has 224 valence electrons. The lowest BCUT2D eigenvalue weighted by Crippen LogP contribution is -2.60. The van der Waals surface area contributed by atoms with Crippen LogP contribution < -0.4 is 0 Å². The Morgan fingerprint density at radius 3 is 2.62 bits per heavy atom. The maximum atomic E-state index is 12.8. The van der Waals surface area contributed by atoms with Gasteiger partial charge in [-0.3, -0.25) is 9.59 Å². The van der Waals surface area contributed by atoms with Crippen LogP contribution in [0.4, 0.5) is 0 Å². The Morgan fingerprint density at radius 2 is 1.88 bits per heavy atom. The minimum atomic E-state index is -0.392. The second kappa shape index (κ2) is 10.4. The first-order valence-corrected chi connectivity index (χ1v) is 16.9. The zero-order chi connectivity index (χ0) is 28.4. The molecule has 6 rings (SSSR count). The van der Waals surface area contributed by atoms with Crippen LogP contribution in [0.1, 0.15) is 125 Å². The second-order valence-electron chi connectivity index (χ2n) is 15.4. The van der Waals surface area contributed by atoms with Gasteiger partial charge in [-0.15, -0.1) is 0 Å². The predicted octanol–water partition coefficient (Wildman–Crippen LogP) is 7.68. The van der Waals surface area contributed by atoms with Crippen molar-refractivity contribution in [3.8, 4) is 0 Å². The number of amides is 1. The molecule has 11 atom stereocenters. The van der Waals surface area contributed by atoms with Crippen molar-refractivity contribution in [1.82, 2.24) is 4.90 Å². The third-order valence-corrected chi connectivity index (χ3v) is 13.4. The van der Waals surface area contributed by atoms with Crippen LogP contribution in [0, 0.1) is 46.3 Å². The first-order chi connectivity index (χ1) is 19.0. The summed E-state index contributed by atoms with van der Waals surface area (Å²) in [4.78, 5) is 27.4. The number of carbonyl (C=O) groups excluding carboxylic acids is 2. The molecule has 5 fully saturated rings. The molecule has 5 heteroatoms. The van der Waals surface area contributed by atoms with Crippen LogP contribution in [-0.2, 0) is 19.1 Å². The van der Waals surface area contributed by atoms with Crippen LogP contribution in [0.25, 0.3) is 0 Å². The summed E-state index contributed by atoms with van der Waals surface area (Å²) in [5.41, 5.74) is 1.71. The Labute approximate surface area is 243 Å². The van der Waals surface area contributed by atoms with Gasteiger partial charge >= 0.3 is 5.97 Å². The Kier molecular flexibility index (Phi) is 7.49. The highest BCUT2D eigenvalue weighted by molar-refractivity contribution is 5.74. The average Bonchev–Trinajstić information content (AvgIpc) is 3.36. The molecule has 2 saturated heterocycles. The normalized spacial score (nSPS) is 47.6. The van der Waals surface area contributed by atoms with Crippen molar-refractivity contribution in [2.24, 2.45) is 46.3 Å². The minimum Gasteiger partial charge on any atom is -0.462 e. The summed E-state index contributed by atoms with van der Waals surface area (Å²) in [5, 5.41) is 0. The molecular formula is C35H55NO4. The molecular weight excluding hydrogens is 498 g/mol. The zero-order valence-electron chi connectivity index (χ0n) is 26.2. The number of allylic oxidation sites excluding steroid dienone is 1. The fourth-order valence-corrected chi connectivity index (χ4v) is 11.3. The smallest absolute Gasteiger partial charge is 0.306 e. The standard InChI is InChI=1S/C35H55NO4/c1-7-8-9-10-31(38)39-26-14-16-33(5)25(19-26)11-12-27-28(33)15-17-34(6)29(27)20-30-32(34)23(3)35(40-30)18-13-22(2)21-36(35)24(4)37/h11,22-23,26-30,32H,7-10,12-21H2,1-6H3/t22?,23?,26?,27?,28?,29?,30?,32?,33-,34-,35?/m0/s1. The minimum absolute atomic E-state index is 0.00456. The third kappa shape index (κ3) is 4.33. The van der Waals surface area contributed by atoms with Gasteiger partial charge in [-0.2, -0.15) is 0 Å². The van der Waals surface area contributed by atoms with Gasteiger partial charge < -0.3 is 14.4 Å². The molecule has 1 amide bonds. The Bertz CT molecular complexity index is 1040. The number of unbranched alkanes of at least 4 members (excludes halogenated alkanes) is 2. The first kappa shape index (κ1) is 28.7. The molecule has 9 unspecified atom stereocenters. The highest BCUT2D eigenvalue weighted by Gasteiger charge is 2.69. The van der Waals surface area contributed by atoms with Crippen molar-refractivity contribution in [1.29, 1.82) is 0 Å². The van der Waals surface area contributed by atoms with Crippen molar-refractivity contribution in [2.75, 3.05) is 6.54 Å². The molecule has 0 bridgehead atoms. The Hall–Kier alpha value is -1.36. The van der Waals surface area contributed by atoms with Gasteiger partial charge in [0.2, 0.25) is 5.91 Å². The molecule has 0 aromatic rings. The Balaban J connectivity index is 1.18. The number of carbonyl (C=O) groups is 2. The van der Waals surface area contributed by atoms with Gasteiger partial charge in [-0.1, -0.05) is 59.1 Å². The number of nitrogens with zero attached hydrogens (tertiary/aromatic N) is 1. The second-order valence-corrected chi connectivity index (χ2v) is 15.4. The van der Waals surface area contributed by atoms with E-state index in [0.29, 0.717) is 36.0 Å². The Morgan fingerprint density at radius 1 is 1.07 bits per heavy atom. The van der Waals surface area contributed by atoms with Crippen LogP contribution in [0.15, 0.2) is 11.6 Å². The molecule has 0 radical (unpaired) electrons. The van der Waals surface area contributed by atoms with Crippen LogP contribution in [0.3, 0.4) is 0 Å². The van der Waals surface area contributed by atoms with Crippen LogP contribution in [-0.4, -0.2) is 41.3 Å². The highest BCUT2D eigenvalue weighted by atomic mass is 16.5. The number of hydrogen-bond acceptors (Lipinski definition) is 4. The van der Waals surface area contributed by atoms with Crippen LogP contribution >= 0.6 is 0 Å². The summed E-state index contributed by atoms with van der Waals surface area (Å²) >= 11 is 0. The van der Waals surface area contributed by atoms with E-state index in [4.69, 9.17) is 9.47 Å². The molecule has 6 aliphatic rings. The number of fused-ring (bicyclic) bond motifs is 7. The number of likely N-dealkylation sites (tertiary alicyclic amines) is 1. The van der Waals surface area contributed by atoms with Gasteiger partial charge in [-0.05, 0) is 98.2 Å². The number of rotatable bonds is 5. The lowest BCUT2D eigenvalue weighted by atomic mass is 9.46. The summed E-state index contributed by atoms with van der Waals surface area (Å²) in [6.45, 7) is 14.6. The fourth-order valence-electron chi connectivity index (χ4n) is 11.3. The number of esters is 1. The van der Waals surface area contributed by atoms with E-state index < -0.39 is 5.72 Å². The van der Waals surface area contributed by atoms with E-state index in [-0.39, 0.29) is 34.9 Å². The predicted molar refractivity (Wildman–Crippen MR) is 157 cm³/mol. The molecule has 0 N–H and O–H groups in total. The molecule has 0 aromatic heterocycles. The monoisotopic (exact) mass is 553 g/mol. The van der Waals surface area contributed by atoms with E-state index in [1.807, 2.05) is 0 Å². The van der Waals surface area contributed by atoms with Crippen molar-refractivity contribution >= 4 is 11.9 Å². The van der Waals surface area contributed by atoms with Gasteiger partial charge in [0.15, 0.2) is 0 Å². The van der Waals surface area contributed by atoms with E-state index in [2.05, 4.69) is 45.6 Å². The molecule has 1 spiro atoms. The average molecular weight is 554 g/mol. The SMILES string of the molecule is CCCCCC(=O)OC1CC[C@@]2(C)C(=CCC3C4CC5OC6(CCC(C)CN6C(C)=O)C(C)C5[C@@]4(C)CCC32)C1. The topological polar surface area (TPSA) is 55.8 Å². The molecule has 5 nitrogen and oxygen atoms in total. The maximum Gasteiger partial charge on any atom is 0.306 e. The summed E-state index contributed by atoms with van der Waals surface area (Å²) in [6, 6.07) is 0. The van der Waals surface area contributed by atoms with Crippen molar-refractivity contribution in [3.63, 3.8) is 0 Å². The first-order valence-electron chi connectivity index (χ1n) is 16.9. The van der Waals surface area contributed by atoms with Crippen LogP contribution in [0.5, 0.6) is 0 Å². The molecule has 2 heterocycles. The molecule has 40 heavy (non-hydrogen) atoms. The largest absolute Gasteiger partial charge is 0.462 e. The van der Waals surface area contributed by atoms with E-state index in [0.717, 1.165) is 70.3 Å². The quantitative estimate of drug-likeness (QED) is 0.199. The van der Waals surface area contributed by atoms with Gasteiger partial charge in [0.05, 0.1) is 6.10 Å². The van der Waals surface area contributed by atoms with Gasteiger partial charge in [0.1, 0.15) is 11.8 Å². The van der Waals surface area contributed by atoms with Gasteiger partial charge in [0, 0.05) is 32.2 Å². The summed E-state index contributed by atoms with van der Waals surface area (Å²) in [7, 11) is 0. The highest BCUT2D eigenvalue weighted by Crippen LogP contribution is 2.70. The number of ether oxygens (including phenoxy) is 2. The molecule has 3 saturated carbocycles. The summed E-state index contributed by atoms with van der Waals surface area (Å²) < 4.78 is 13.1. The molecule has 0 aromatic carbocycles. The molecule has 2 aliphatic heterocycles. The van der Waals surface area contributed by atoms with E-state index in [1.165, 1.54) is 19.3 Å². The fraction of sp³-hybridized carbons (Fsp3) is 0.886. The molecule has 4 aliphatic carbocycles. The van der Waals surface area contributed by atoms with Gasteiger partial charge in [0.25, 0.3) is 0 Å². The van der Waals surface area contributed by atoms with Crippen molar-refractivity contribution in [2.45, 2.75) is 143 Å². The lowest BCUT2D eigenvalue weighted by Gasteiger charge is -2.59. The van der Waals surface area contributed by atoms with Crippen molar-refractivity contribution < 1.29 is 19.1 Å². The van der Waals surface area contributed by atoms with E-state index >= 15 is 0 Å². The van der Waals surface area contributed by atoms with Crippen LogP contribution in [0.2, 0.25) is 0 Å². The number of piperidine rings is 1. The maximum absolute atomic E-state index is 12.8. The number of hydrogen-bond donors (Lipinski definition) is 0. The zero-order valence-corrected chi connectivity index (χ0v) is 26.2. The van der Waals surface area contributed by atoms with Gasteiger partial charge in [-0.25, -0.2) is 0 Å². The van der Waals surface area contributed by atoms with E-state index in [9.17, 15) is 9.59 Å². The van der Waals surface area contributed by atoms with E-state index in [1.54, 1.807) is 12.5 Å². The van der Waals surface area contributed by atoms with Crippen molar-refractivity contribution in [3.05, 3.63) is 11.6 Å². The summed E-state index contributed by atoms with van der Waals surface area (Å²) in [6.07, 6.45) is 16.8. The lowest BCUT2D eigenvalue weighted by molar-refractivity contribution is -0.200.